The molecular formula is C17H29NO3. The highest BCUT2D eigenvalue weighted by molar-refractivity contribution is 5.35. The Balaban J connectivity index is 2.50. The average molecular weight is 295 g/mol. The Labute approximate surface area is 128 Å². The number of para-hydroxylation sites is 1. The summed E-state index contributed by atoms with van der Waals surface area (Å²) in [6, 6.07) is 8.17. The molecule has 0 saturated heterocycles. The summed E-state index contributed by atoms with van der Waals surface area (Å²) >= 11 is 0. The van der Waals surface area contributed by atoms with Crippen molar-refractivity contribution in [3.05, 3.63) is 29.8 Å². The van der Waals surface area contributed by atoms with Gasteiger partial charge in [0.15, 0.2) is 0 Å². The van der Waals surface area contributed by atoms with Crippen LogP contribution in [0.5, 0.6) is 5.75 Å². The molecule has 0 bridgehead atoms. The van der Waals surface area contributed by atoms with Crippen LogP contribution in [0.2, 0.25) is 0 Å². The lowest BCUT2D eigenvalue weighted by Crippen LogP contribution is -2.27. The summed E-state index contributed by atoms with van der Waals surface area (Å²) < 4.78 is 16.8. The summed E-state index contributed by atoms with van der Waals surface area (Å²) in [6.45, 7) is 10.9. The Morgan fingerprint density at radius 2 is 1.86 bits per heavy atom. The first kappa shape index (κ1) is 18.0. The van der Waals surface area contributed by atoms with Gasteiger partial charge in [-0.3, -0.25) is 0 Å². The van der Waals surface area contributed by atoms with Gasteiger partial charge < -0.3 is 19.5 Å². The highest BCUT2D eigenvalue weighted by atomic mass is 16.5. The molecule has 21 heavy (non-hydrogen) atoms. The second kappa shape index (κ2) is 9.03. The predicted molar refractivity (Wildman–Crippen MR) is 85.9 cm³/mol. The summed E-state index contributed by atoms with van der Waals surface area (Å²) in [4.78, 5) is 0. The van der Waals surface area contributed by atoms with Crippen molar-refractivity contribution in [3.63, 3.8) is 0 Å². The van der Waals surface area contributed by atoms with Crippen LogP contribution in [0.1, 0.15) is 39.3 Å². The van der Waals surface area contributed by atoms with E-state index in [0.717, 1.165) is 17.9 Å². The van der Waals surface area contributed by atoms with Crippen molar-refractivity contribution in [2.75, 3.05) is 33.5 Å². The molecule has 0 aliphatic carbocycles. The zero-order valence-corrected chi connectivity index (χ0v) is 13.9. The molecule has 0 spiro atoms. The van der Waals surface area contributed by atoms with Crippen LogP contribution in [-0.4, -0.2) is 39.1 Å². The maximum absolute atomic E-state index is 5.75. The summed E-state index contributed by atoms with van der Waals surface area (Å²) in [5, 5.41) is 3.43. The Morgan fingerprint density at radius 3 is 2.48 bits per heavy atom. The van der Waals surface area contributed by atoms with Gasteiger partial charge in [0.2, 0.25) is 0 Å². The van der Waals surface area contributed by atoms with Crippen molar-refractivity contribution in [1.82, 2.24) is 5.32 Å². The van der Waals surface area contributed by atoms with Crippen LogP contribution in [0, 0.1) is 0 Å². The van der Waals surface area contributed by atoms with Crippen molar-refractivity contribution in [3.8, 4) is 5.75 Å². The third-order valence-electron chi connectivity index (χ3n) is 3.01. The predicted octanol–water partition coefficient (Wildman–Crippen LogP) is 3.18. The number of hydrogen-bond acceptors (Lipinski definition) is 4. The number of methoxy groups -OCH3 is 1. The highest BCUT2D eigenvalue weighted by Crippen LogP contribution is 2.24. The summed E-state index contributed by atoms with van der Waals surface area (Å²) in [5.74, 6) is 0.887. The Kier molecular flexibility index (Phi) is 7.72. The van der Waals surface area contributed by atoms with Crippen molar-refractivity contribution in [2.45, 2.75) is 39.3 Å². The Hall–Kier alpha value is -1.10. The zero-order chi connectivity index (χ0) is 15.7. The molecule has 0 fully saturated rings. The quantitative estimate of drug-likeness (QED) is 0.710. The maximum Gasteiger partial charge on any atom is 0.123 e. The first-order valence-electron chi connectivity index (χ1n) is 7.56. The topological polar surface area (TPSA) is 39.7 Å². The summed E-state index contributed by atoms with van der Waals surface area (Å²) in [5.41, 5.74) is 1.01. The van der Waals surface area contributed by atoms with Crippen LogP contribution in [0.25, 0.3) is 0 Å². The SMILES string of the molecule is CCNC(COCCOC(C)(C)C)c1ccccc1OC. The van der Waals surface area contributed by atoms with Gasteiger partial charge in [0.05, 0.1) is 38.6 Å². The molecule has 4 nitrogen and oxygen atoms in total. The molecule has 120 valence electrons. The van der Waals surface area contributed by atoms with E-state index < -0.39 is 0 Å². The van der Waals surface area contributed by atoms with Crippen LogP contribution in [0.4, 0.5) is 0 Å². The molecule has 1 rings (SSSR count). The van der Waals surface area contributed by atoms with Gasteiger partial charge in [-0.1, -0.05) is 25.1 Å². The minimum absolute atomic E-state index is 0.118. The first-order chi connectivity index (χ1) is 9.98. The lowest BCUT2D eigenvalue weighted by molar-refractivity contribution is -0.0374. The minimum atomic E-state index is -0.118. The third-order valence-corrected chi connectivity index (χ3v) is 3.01. The molecule has 0 radical (unpaired) electrons. The highest BCUT2D eigenvalue weighted by Gasteiger charge is 2.15. The lowest BCUT2D eigenvalue weighted by atomic mass is 10.1. The van der Waals surface area contributed by atoms with Gasteiger partial charge in [0, 0.05) is 5.56 Å². The second-order valence-corrected chi connectivity index (χ2v) is 5.89. The van der Waals surface area contributed by atoms with Gasteiger partial charge >= 0.3 is 0 Å². The van der Waals surface area contributed by atoms with Crippen LogP contribution in [0.3, 0.4) is 0 Å². The fourth-order valence-corrected chi connectivity index (χ4v) is 2.07. The van der Waals surface area contributed by atoms with E-state index in [4.69, 9.17) is 14.2 Å². The molecule has 0 heterocycles. The van der Waals surface area contributed by atoms with Gasteiger partial charge in [-0.25, -0.2) is 0 Å². The smallest absolute Gasteiger partial charge is 0.123 e. The summed E-state index contributed by atoms with van der Waals surface area (Å²) in [6.07, 6.45) is 0. The van der Waals surface area contributed by atoms with Gasteiger partial charge in [0.25, 0.3) is 0 Å². The molecule has 1 aromatic rings. The van der Waals surface area contributed by atoms with E-state index in [1.54, 1.807) is 7.11 Å². The molecule has 1 N–H and O–H groups in total. The van der Waals surface area contributed by atoms with Gasteiger partial charge in [-0.15, -0.1) is 0 Å². The lowest BCUT2D eigenvalue weighted by Gasteiger charge is -2.22. The van der Waals surface area contributed by atoms with E-state index in [0.29, 0.717) is 19.8 Å². The largest absolute Gasteiger partial charge is 0.496 e. The Morgan fingerprint density at radius 1 is 1.14 bits per heavy atom. The number of rotatable bonds is 9. The van der Waals surface area contributed by atoms with Crippen molar-refractivity contribution < 1.29 is 14.2 Å². The number of nitrogens with one attached hydrogen (secondary N) is 1. The normalized spacial score (nSPS) is 13.2. The van der Waals surface area contributed by atoms with E-state index in [9.17, 15) is 0 Å². The fraction of sp³-hybridized carbons (Fsp3) is 0.647. The fourth-order valence-electron chi connectivity index (χ4n) is 2.07. The molecule has 0 amide bonds. The van der Waals surface area contributed by atoms with Crippen LogP contribution < -0.4 is 10.1 Å². The number of ether oxygens (including phenoxy) is 3. The first-order valence-corrected chi connectivity index (χ1v) is 7.56. The third kappa shape index (κ3) is 6.93. The molecule has 0 aromatic heterocycles. The number of benzene rings is 1. The number of hydrogen-bond donors (Lipinski definition) is 1. The molecule has 1 atom stereocenters. The van der Waals surface area contributed by atoms with Crippen LogP contribution >= 0.6 is 0 Å². The zero-order valence-electron chi connectivity index (χ0n) is 13.9. The molecule has 4 heteroatoms. The maximum atomic E-state index is 5.75. The summed E-state index contributed by atoms with van der Waals surface area (Å²) in [7, 11) is 1.69. The standard InChI is InChI=1S/C17H29NO3/c1-6-18-15(13-20-11-12-21-17(2,3)4)14-9-7-8-10-16(14)19-5/h7-10,15,18H,6,11-13H2,1-5H3. The van der Waals surface area contributed by atoms with E-state index in [1.165, 1.54) is 0 Å². The van der Waals surface area contributed by atoms with Gasteiger partial charge in [-0.2, -0.15) is 0 Å². The molecule has 0 aliphatic rings. The molecule has 1 aromatic carbocycles. The Bertz CT molecular complexity index is 401. The molecule has 0 saturated carbocycles. The van der Waals surface area contributed by atoms with Gasteiger partial charge in [-0.05, 0) is 33.4 Å². The molecular weight excluding hydrogens is 266 g/mol. The number of likely N-dealkylation sites (N-methyl/N-ethyl adjacent to an activating group) is 1. The van der Waals surface area contributed by atoms with E-state index in [2.05, 4.69) is 18.3 Å². The van der Waals surface area contributed by atoms with Gasteiger partial charge in [0.1, 0.15) is 5.75 Å². The van der Waals surface area contributed by atoms with Crippen molar-refractivity contribution >= 4 is 0 Å². The van der Waals surface area contributed by atoms with E-state index >= 15 is 0 Å². The molecule has 1 unspecified atom stereocenters. The minimum Gasteiger partial charge on any atom is -0.496 e. The van der Waals surface area contributed by atoms with Crippen LogP contribution in [-0.2, 0) is 9.47 Å². The van der Waals surface area contributed by atoms with E-state index in [-0.39, 0.29) is 11.6 Å². The monoisotopic (exact) mass is 295 g/mol. The average Bonchev–Trinajstić information content (AvgIpc) is 2.44. The second-order valence-electron chi connectivity index (χ2n) is 5.89. The molecule has 0 aliphatic heterocycles. The van der Waals surface area contributed by atoms with Crippen LogP contribution in [0.15, 0.2) is 24.3 Å². The van der Waals surface area contributed by atoms with Crippen molar-refractivity contribution in [2.24, 2.45) is 0 Å². The van der Waals surface area contributed by atoms with Crippen molar-refractivity contribution in [1.29, 1.82) is 0 Å². The van der Waals surface area contributed by atoms with E-state index in [1.807, 2.05) is 39.0 Å².